The molecule has 0 saturated carbocycles. The van der Waals surface area contributed by atoms with Gasteiger partial charge in [-0.1, -0.05) is 48.5 Å². The quantitative estimate of drug-likeness (QED) is 0.415. The SMILES string of the molecule is O=[N+]([O-])c1ccc(-c2nc(-c3ccccc3)n(-c3ccccc3)n2)o1. The van der Waals surface area contributed by atoms with Gasteiger partial charge in [-0.15, -0.1) is 5.10 Å². The van der Waals surface area contributed by atoms with Gasteiger partial charge in [-0.3, -0.25) is 10.1 Å². The van der Waals surface area contributed by atoms with Crippen LogP contribution in [0.15, 0.2) is 77.2 Å². The molecule has 0 bridgehead atoms. The second-order valence-corrected chi connectivity index (χ2v) is 5.27. The number of furan rings is 1. The zero-order valence-corrected chi connectivity index (χ0v) is 12.9. The molecule has 0 spiro atoms. The Morgan fingerprint density at radius 3 is 2.24 bits per heavy atom. The van der Waals surface area contributed by atoms with Crippen molar-refractivity contribution in [1.29, 1.82) is 0 Å². The predicted octanol–water partition coefficient (Wildman–Crippen LogP) is 4.10. The highest BCUT2D eigenvalue weighted by Crippen LogP contribution is 2.28. The Balaban J connectivity index is 1.87. The average Bonchev–Trinajstić information content (AvgIpc) is 3.30. The van der Waals surface area contributed by atoms with E-state index in [9.17, 15) is 10.1 Å². The molecule has 0 aliphatic carbocycles. The third kappa shape index (κ3) is 2.78. The molecule has 25 heavy (non-hydrogen) atoms. The highest BCUT2D eigenvalue weighted by molar-refractivity contribution is 5.62. The van der Waals surface area contributed by atoms with Gasteiger partial charge in [0.15, 0.2) is 11.6 Å². The summed E-state index contributed by atoms with van der Waals surface area (Å²) in [6.07, 6.45) is 0. The van der Waals surface area contributed by atoms with Crippen molar-refractivity contribution in [3.05, 3.63) is 82.9 Å². The minimum absolute atomic E-state index is 0.249. The Kier molecular flexibility index (Phi) is 3.59. The number of para-hydroxylation sites is 1. The zero-order chi connectivity index (χ0) is 17.2. The van der Waals surface area contributed by atoms with Gasteiger partial charge in [0.25, 0.3) is 0 Å². The minimum atomic E-state index is -0.588. The zero-order valence-electron chi connectivity index (χ0n) is 12.9. The monoisotopic (exact) mass is 332 g/mol. The summed E-state index contributed by atoms with van der Waals surface area (Å²) in [4.78, 5) is 14.8. The molecule has 0 atom stereocenters. The first-order valence-electron chi connectivity index (χ1n) is 7.55. The lowest BCUT2D eigenvalue weighted by Crippen LogP contribution is -1.99. The second kappa shape index (κ2) is 6.04. The Morgan fingerprint density at radius 1 is 0.920 bits per heavy atom. The van der Waals surface area contributed by atoms with Crippen LogP contribution in [0.1, 0.15) is 0 Å². The second-order valence-electron chi connectivity index (χ2n) is 5.27. The molecule has 2 heterocycles. The number of nitro groups is 1. The van der Waals surface area contributed by atoms with E-state index in [1.165, 1.54) is 12.1 Å². The smallest absolute Gasteiger partial charge is 0.397 e. The van der Waals surface area contributed by atoms with Crippen LogP contribution in [-0.2, 0) is 0 Å². The van der Waals surface area contributed by atoms with Crippen molar-refractivity contribution >= 4 is 5.88 Å². The highest BCUT2D eigenvalue weighted by atomic mass is 16.6. The number of aromatic nitrogens is 3. The van der Waals surface area contributed by atoms with E-state index in [0.29, 0.717) is 5.82 Å². The van der Waals surface area contributed by atoms with E-state index in [0.717, 1.165) is 11.3 Å². The Hall–Kier alpha value is -3.74. The fraction of sp³-hybridized carbons (Fsp3) is 0. The van der Waals surface area contributed by atoms with Gasteiger partial charge in [0, 0.05) is 5.56 Å². The van der Waals surface area contributed by atoms with Gasteiger partial charge in [0.1, 0.15) is 4.92 Å². The maximum Gasteiger partial charge on any atom is 0.433 e. The van der Waals surface area contributed by atoms with Crippen LogP contribution in [0.25, 0.3) is 28.7 Å². The van der Waals surface area contributed by atoms with Gasteiger partial charge in [-0.05, 0) is 18.2 Å². The molecule has 122 valence electrons. The van der Waals surface area contributed by atoms with Crippen LogP contribution in [0.2, 0.25) is 0 Å². The summed E-state index contributed by atoms with van der Waals surface area (Å²) in [7, 11) is 0. The standard InChI is InChI=1S/C18H12N4O3/c23-22(24)16-12-11-15(25-16)17-19-18(13-7-3-1-4-8-13)21(20-17)14-9-5-2-6-10-14/h1-12H. The van der Waals surface area contributed by atoms with Crippen molar-refractivity contribution in [1.82, 2.24) is 14.8 Å². The molecule has 0 fully saturated rings. The maximum atomic E-state index is 10.8. The molecule has 7 nitrogen and oxygen atoms in total. The molecule has 2 aromatic carbocycles. The van der Waals surface area contributed by atoms with Gasteiger partial charge in [0.2, 0.25) is 5.82 Å². The van der Waals surface area contributed by atoms with E-state index in [2.05, 4.69) is 10.1 Å². The predicted molar refractivity (Wildman–Crippen MR) is 91.2 cm³/mol. The molecule has 0 saturated heterocycles. The van der Waals surface area contributed by atoms with Crippen molar-refractivity contribution in [2.24, 2.45) is 0 Å². The van der Waals surface area contributed by atoms with Gasteiger partial charge < -0.3 is 4.42 Å². The van der Waals surface area contributed by atoms with Gasteiger partial charge in [0.05, 0.1) is 11.8 Å². The van der Waals surface area contributed by atoms with Crippen LogP contribution in [-0.4, -0.2) is 19.7 Å². The van der Waals surface area contributed by atoms with E-state index >= 15 is 0 Å². The average molecular weight is 332 g/mol. The summed E-state index contributed by atoms with van der Waals surface area (Å²) in [6, 6.07) is 21.9. The van der Waals surface area contributed by atoms with Crippen molar-refractivity contribution < 1.29 is 9.34 Å². The molecule has 2 aromatic heterocycles. The number of benzene rings is 2. The van der Waals surface area contributed by atoms with Crippen molar-refractivity contribution in [2.75, 3.05) is 0 Å². The number of nitrogens with zero attached hydrogens (tertiary/aromatic N) is 4. The minimum Gasteiger partial charge on any atom is -0.397 e. The molecule has 0 aliphatic rings. The number of hydrogen-bond acceptors (Lipinski definition) is 5. The first-order valence-corrected chi connectivity index (χ1v) is 7.55. The van der Waals surface area contributed by atoms with Crippen LogP contribution in [0.4, 0.5) is 5.88 Å². The molecule has 0 unspecified atom stereocenters. The molecule has 0 aliphatic heterocycles. The Bertz CT molecular complexity index is 966. The lowest BCUT2D eigenvalue weighted by molar-refractivity contribution is -0.401. The van der Waals surface area contributed by atoms with Crippen molar-refractivity contribution in [3.8, 4) is 28.7 Å². The Labute approximate surface area is 142 Å². The molecule has 0 N–H and O–H groups in total. The maximum absolute atomic E-state index is 10.8. The summed E-state index contributed by atoms with van der Waals surface area (Å²) >= 11 is 0. The summed E-state index contributed by atoms with van der Waals surface area (Å²) in [5.41, 5.74) is 1.72. The van der Waals surface area contributed by atoms with Crippen LogP contribution in [0.5, 0.6) is 0 Å². The van der Waals surface area contributed by atoms with E-state index in [1.54, 1.807) is 4.68 Å². The molecule has 0 radical (unpaired) electrons. The fourth-order valence-electron chi connectivity index (χ4n) is 2.49. The molecular formula is C18H12N4O3. The van der Waals surface area contributed by atoms with Gasteiger partial charge in [-0.25, -0.2) is 9.67 Å². The third-order valence-electron chi connectivity index (χ3n) is 3.63. The van der Waals surface area contributed by atoms with Crippen LogP contribution in [0.3, 0.4) is 0 Å². The topological polar surface area (TPSA) is 87.0 Å². The first-order chi connectivity index (χ1) is 12.2. The number of hydrogen-bond donors (Lipinski definition) is 0. The third-order valence-corrected chi connectivity index (χ3v) is 3.63. The van der Waals surface area contributed by atoms with E-state index in [-0.39, 0.29) is 17.5 Å². The largest absolute Gasteiger partial charge is 0.433 e. The molecular weight excluding hydrogens is 320 g/mol. The van der Waals surface area contributed by atoms with Gasteiger partial charge >= 0.3 is 5.88 Å². The number of rotatable bonds is 4. The van der Waals surface area contributed by atoms with Gasteiger partial charge in [-0.2, -0.15) is 0 Å². The lowest BCUT2D eigenvalue weighted by Gasteiger charge is -2.05. The normalized spacial score (nSPS) is 10.7. The summed E-state index contributed by atoms with van der Waals surface area (Å²) in [6.45, 7) is 0. The van der Waals surface area contributed by atoms with E-state index < -0.39 is 4.92 Å². The molecule has 0 amide bonds. The van der Waals surface area contributed by atoms with Crippen LogP contribution < -0.4 is 0 Å². The molecule has 7 heteroatoms. The first kappa shape index (κ1) is 14.8. The van der Waals surface area contributed by atoms with Crippen molar-refractivity contribution in [3.63, 3.8) is 0 Å². The summed E-state index contributed by atoms with van der Waals surface area (Å²) in [5.74, 6) is 0.822. The molecule has 4 aromatic rings. The lowest BCUT2D eigenvalue weighted by atomic mass is 10.2. The Morgan fingerprint density at radius 2 is 1.60 bits per heavy atom. The van der Waals surface area contributed by atoms with Crippen LogP contribution >= 0.6 is 0 Å². The molecule has 4 rings (SSSR count). The summed E-state index contributed by atoms with van der Waals surface area (Å²) in [5, 5.41) is 15.3. The highest BCUT2D eigenvalue weighted by Gasteiger charge is 2.19. The fourth-order valence-corrected chi connectivity index (χ4v) is 2.49. The van der Waals surface area contributed by atoms with E-state index in [4.69, 9.17) is 4.42 Å². The van der Waals surface area contributed by atoms with Crippen molar-refractivity contribution in [2.45, 2.75) is 0 Å². The van der Waals surface area contributed by atoms with E-state index in [1.807, 2.05) is 60.7 Å². The summed E-state index contributed by atoms with van der Waals surface area (Å²) < 4.78 is 6.93. The van der Waals surface area contributed by atoms with Crippen LogP contribution in [0, 0.1) is 10.1 Å².